The van der Waals surface area contributed by atoms with Crippen LogP contribution in [0.4, 0.5) is 18.9 Å². The summed E-state index contributed by atoms with van der Waals surface area (Å²) in [5.41, 5.74) is 1.60. The van der Waals surface area contributed by atoms with E-state index in [-0.39, 0.29) is 19.0 Å². The predicted molar refractivity (Wildman–Crippen MR) is 92.8 cm³/mol. The largest absolute Gasteiger partial charge is 0.466 e. The molecule has 1 heterocycles. The molecular weight excluding hydrogens is 343 g/mol. The highest BCUT2D eigenvalue weighted by molar-refractivity contribution is 5.76. The van der Waals surface area contributed by atoms with Gasteiger partial charge in [-0.05, 0) is 42.7 Å². The summed E-state index contributed by atoms with van der Waals surface area (Å²) in [7, 11) is 0. The average Bonchev–Trinajstić information content (AvgIpc) is 2.61. The summed E-state index contributed by atoms with van der Waals surface area (Å²) in [6, 6.07) is 13.4. The normalized spacial score (nSPS) is 16.9. The number of carbonyl (C=O) groups is 1. The first-order valence-corrected chi connectivity index (χ1v) is 8.54. The third kappa shape index (κ3) is 4.00. The van der Waals surface area contributed by atoms with Gasteiger partial charge in [-0.15, -0.1) is 0 Å². The second-order valence-electron chi connectivity index (χ2n) is 6.36. The van der Waals surface area contributed by atoms with Gasteiger partial charge in [-0.2, -0.15) is 13.2 Å². The van der Waals surface area contributed by atoms with Crippen LogP contribution in [-0.2, 0) is 28.7 Å². The first-order valence-electron chi connectivity index (χ1n) is 8.54. The van der Waals surface area contributed by atoms with E-state index in [9.17, 15) is 18.0 Å². The van der Waals surface area contributed by atoms with Crippen molar-refractivity contribution in [2.24, 2.45) is 5.92 Å². The van der Waals surface area contributed by atoms with Crippen LogP contribution in [-0.4, -0.2) is 19.1 Å². The molecule has 0 spiro atoms. The van der Waals surface area contributed by atoms with Crippen LogP contribution in [0.2, 0.25) is 0 Å². The molecule has 1 atom stereocenters. The number of benzene rings is 2. The van der Waals surface area contributed by atoms with Crippen LogP contribution in [0.5, 0.6) is 0 Å². The first kappa shape index (κ1) is 18.3. The Morgan fingerprint density at radius 1 is 1.19 bits per heavy atom. The number of hydrogen-bond acceptors (Lipinski definition) is 3. The molecule has 0 bridgehead atoms. The van der Waals surface area contributed by atoms with E-state index in [1.165, 1.54) is 6.07 Å². The molecule has 0 N–H and O–H groups in total. The lowest BCUT2D eigenvalue weighted by atomic mass is 9.90. The summed E-state index contributed by atoms with van der Waals surface area (Å²) in [6.07, 6.45) is -4.15. The number of fused-ring (bicyclic) bond motifs is 1. The number of nitrogens with zero attached hydrogens (tertiary/aromatic N) is 1. The highest BCUT2D eigenvalue weighted by Gasteiger charge is 2.35. The van der Waals surface area contributed by atoms with E-state index >= 15 is 0 Å². The van der Waals surface area contributed by atoms with Gasteiger partial charge >= 0.3 is 12.1 Å². The van der Waals surface area contributed by atoms with Crippen LogP contribution in [0, 0.1) is 5.92 Å². The summed E-state index contributed by atoms with van der Waals surface area (Å²) >= 11 is 0. The van der Waals surface area contributed by atoms with Crippen LogP contribution < -0.4 is 4.90 Å². The quantitative estimate of drug-likeness (QED) is 0.752. The highest BCUT2D eigenvalue weighted by Crippen LogP contribution is 2.37. The molecule has 0 aliphatic carbocycles. The maximum Gasteiger partial charge on any atom is 0.416 e. The van der Waals surface area contributed by atoms with E-state index in [2.05, 4.69) is 0 Å². The minimum Gasteiger partial charge on any atom is -0.466 e. The Labute approximate surface area is 150 Å². The second-order valence-corrected chi connectivity index (χ2v) is 6.36. The first-order chi connectivity index (χ1) is 12.4. The van der Waals surface area contributed by atoms with Crippen LogP contribution in [0.1, 0.15) is 23.6 Å². The van der Waals surface area contributed by atoms with Gasteiger partial charge in [0.2, 0.25) is 0 Å². The fourth-order valence-corrected chi connectivity index (χ4v) is 3.30. The number of esters is 1. The Hall–Kier alpha value is -2.50. The smallest absolute Gasteiger partial charge is 0.416 e. The zero-order chi connectivity index (χ0) is 18.7. The van der Waals surface area contributed by atoms with E-state index in [1.54, 1.807) is 6.92 Å². The molecule has 0 amide bonds. The standard InChI is InChI=1S/C20H20F3NO2/c1-2-26-19(25)16-10-15-11-17(20(21,22)23)8-9-18(15)24(13-16)12-14-6-4-3-5-7-14/h3-9,11,16H,2,10,12-13H2,1H3. The number of ether oxygens (including phenoxy) is 1. The molecule has 1 aliphatic heterocycles. The Bertz CT molecular complexity index is 774. The summed E-state index contributed by atoms with van der Waals surface area (Å²) < 4.78 is 44.3. The molecule has 138 valence electrons. The maximum absolute atomic E-state index is 13.1. The van der Waals surface area contributed by atoms with Crippen molar-refractivity contribution in [1.82, 2.24) is 0 Å². The fraction of sp³-hybridized carbons (Fsp3) is 0.350. The zero-order valence-electron chi connectivity index (χ0n) is 14.4. The van der Waals surface area contributed by atoms with Crippen LogP contribution in [0.3, 0.4) is 0 Å². The molecule has 2 aromatic carbocycles. The predicted octanol–water partition coefficient (Wildman–Crippen LogP) is 4.45. The van der Waals surface area contributed by atoms with Gasteiger partial charge in [0.15, 0.2) is 0 Å². The topological polar surface area (TPSA) is 29.5 Å². The molecule has 0 radical (unpaired) electrons. The van der Waals surface area contributed by atoms with Crippen molar-refractivity contribution in [3.05, 3.63) is 65.2 Å². The monoisotopic (exact) mass is 363 g/mol. The van der Waals surface area contributed by atoms with Gasteiger partial charge in [0, 0.05) is 18.8 Å². The van der Waals surface area contributed by atoms with Gasteiger partial charge < -0.3 is 9.64 Å². The van der Waals surface area contributed by atoms with Crippen LogP contribution >= 0.6 is 0 Å². The lowest BCUT2D eigenvalue weighted by molar-refractivity contribution is -0.147. The van der Waals surface area contributed by atoms with Crippen molar-refractivity contribution >= 4 is 11.7 Å². The second kappa shape index (κ2) is 7.40. The molecule has 2 aromatic rings. The van der Waals surface area contributed by atoms with Crippen LogP contribution in [0.15, 0.2) is 48.5 Å². The number of anilines is 1. The van der Waals surface area contributed by atoms with Crippen molar-refractivity contribution in [2.45, 2.75) is 26.1 Å². The molecule has 1 aliphatic rings. The number of rotatable bonds is 4. The van der Waals surface area contributed by atoms with Gasteiger partial charge in [-0.25, -0.2) is 0 Å². The summed E-state index contributed by atoms with van der Waals surface area (Å²) in [5, 5.41) is 0. The summed E-state index contributed by atoms with van der Waals surface area (Å²) in [5.74, 6) is -0.844. The maximum atomic E-state index is 13.1. The number of carbonyl (C=O) groups excluding carboxylic acids is 1. The van der Waals surface area contributed by atoms with E-state index in [4.69, 9.17) is 4.74 Å². The minimum atomic E-state index is -4.41. The van der Waals surface area contributed by atoms with Crippen molar-refractivity contribution in [1.29, 1.82) is 0 Å². The zero-order valence-corrected chi connectivity index (χ0v) is 14.4. The van der Waals surface area contributed by atoms with E-state index in [0.29, 0.717) is 18.7 Å². The highest BCUT2D eigenvalue weighted by atomic mass is 19.4. The SMILES string of the molecule is CCOC(=O)C1Cc2cc(C(F)(F)F)ccc2N(Cc2ccccc2)C1. The van der Waals surface area contributed by atoms with E-state index in [0.717, 1.165) is 23.4 Å². The van der Waals surface area contributed by atoms with Gasteiger partial charge in [-0.3, -0.25) is 4.79 Å². The average molecular weight is 363 g/mol. The lowest BCUT2D eigenvalue weighted by Crippen LogP contribution is -2.39. The van der Waals surface area contributed by atoms with Crippen LogP contribution in [0.25, 0.3) is 0 Å². The van der Waals surface area contributed by atoms with Crippen molar-refractivity contribution in [3.63, 3.8) is 0 Å². The molecule has 1 unspecified atom stereocenters. The molecule has 6 heteroatoms. The Kier molecular flexibility index (Phi) is 5.20. The number of halogens is 3. The van der Waals surface area contributed by atoms with Crippen molar-refractivity contribution in [3.8, 4) is 0 Å². The van der Waals surface area contributed by atoms with Crippen molar-refractivity contribution in [2.75, 3.05) is 18.1 Å². The molecule has 3 rings (SSSR count). The number of alkyl halides is 3. The number of hydrogen-bond donors (Lipinski definition) is 0. The minimum absolute atomic E-state index is 0.253. The van der Waals surface area contributed by atoms with Gasteiger partial charge in [0.1, 0.15) is 0 Å². The Balaban J connectivity index is 1.95. The molecule has 26 heavy (non-hydrogen) atoms. The third-order valence-corrected chi connectivity index (χ3v) is 4.49. The molecule has 0 aromatic heterocycles. The summed E-state index contributed by atoms with van der Waals surface area (Å²) in [4.78, 5) is 14.2. The van der Waals surface area contributed by atoms with E-state index < -0.39 is 17.7 Å². The lowest BCUT2D eigenvalue weighted by Gasteiger charge is -2.35. The Morgan fingerprint density at radius 2 is 1.92 bits per heavy atom. The van der Waals surface area contributed by atoms with Gasteiger partial charge in [-0.1, -0.05) is 30.3 Å². The molecule has 0 saturated carbocycles. The molecular formula is C20H20F3NO2. The molecule has 3 nitrogen and oxygen atoms in total. The molecule has 0 saturated heterocycles. The summed E-state index contributed by atoms with van der Waals surface area (Å²) in [6.45, 7) is 2.92. The third-order valence-electron chi connectivity index (χ3n) is 4.49. The van der Waals surface area contributed by atoms with E-state index in [1.807, 2.05) is 35.2 Å². The Morgan fingerprint density at radius 3 is 2.58 bits per heavy atom. The van der Waals surface area contributed by atoms with Gasteiger partial charge in [0.05, 0.1) is 18.1 Å². The fourth-order valence-electron chi connectivity index (χ4n) is 3.30. The molecule has 0 fully saturated rings. The van der Waals surface area contributed by atoms with Crippen molar-refractivity contribution < 1.29 is 22.7 Å². The van der Waals surface area contributed by atoms with Gasteiger partial charge in [0.25, 0.3) is 0 Å².